The molecule has 0 spiro atoms. The predicted molar refractivity (Wildman–Crippen MR) is 72.6 cm³/mol. The number of rotatable bonds is 4. The number of carbonyl (C=O) groups excluding carboxylic acids is 1. The standard InChI is InChI=1S/C14H15N3O/c1-17(13-7-9-15-10-8-13)14(18)11-16-12-5-3-2-4-6-12/h2-10,16H,11H2,1H3. The van der Waals surface area contributed by atoms with Crippen molar-refractivity contribution in [1.82, 2.24) is 4.98 Å². The lowest BCUT2D eigenvalue weighted by atomic mass is 10.3. The fraction of sp³-hybridized carbons (Fsp3) is 0.143. The van der Waals surface area contributed by atoms with Crippen molar-refractivity contribution in [3.8, 4) is 0 Å². The normalized spacial score (nSPS) is 9.83. The molecule has 1 aromatic heterocycles. The average Bonchev–Trinajstić information content (AvgIpc) is 2.46. The summed E-state index contributed by atoms with van der Waals surface area (Å²) < 4.78 is 0. The first-order chi connectivity index (χ1) is 8.77. The Bertz CT molecular complexity index is 499. The average molecular weight is 241 g/mol. The van der Waals surface area contributed by atoms with Gasteiger partial charge in [-0.15, -0.1) is 0 Å². The van der Waals surface area contributed by atoms with Gasteiger partial charge in [0.25, 0.3) is 0 Å². The summed E-state index contributed by atoms with van der Waals surface area (Å²) in [5.74, 6) is 0.00468. The van der Waals surface area contributed by atoms with Crippen molar-refractivity contribution >= 4 is 17.3 Å². The van der Waals surface area contributed by atoms with Crippen LogP contribution in [0.1, 0.15) is 0 Å². The van der Waals surface area contributed by atoms with Crippen LogP contribution in [0.5, 0.6) is 0 Å². The number of carbonyl (C=O) groups is 1. The quantitative estimate of drug-likeness (QED) is 0.892. The van der Waals surface area contributed by atoms with Crippen LogP contribution in [0.2, 0.25) is 0 Å². The molecule has 0 atom stereocenters. The Hall–Kier alpha value is -2.36. The predicted octanol–water partition coefficient (Wildman–Crippen LogP) is 2.16. The number of anilines is 2. The second-order valence-corrected chi connectivity index (χ2v) is 3.88. The minimum Gasteiger partial charge on any atom is -0.376 e. The Kier molecular flexibility index (Phi) is 3.91. The van der Waals surface area contributed by atoms with Gasteiger partial charge in [-0.05, 0) is 24.3 Å². The van der Waals surface area contributed by atoms with Crippen molar-refractivity contribution in [3.05, 3.63) is 54.9 Å². The number of amides is 1. The zero-order valence-electron chi connectivity index (χ0n) is 10.2. The van der Waals surface area contributed by atoms with Crippen molar-refractivity contribution in [3.63, 3.8) is 0 Å². The minimum absolute atomic E-state index is 0.00468. The van der Waals surface area contributed by atoms with E-state index in [1.807, 2.05) is 30.3 Å². The number of pyridine rings is 1. The minimum atomic E-state index is 0.00468. The molecule has 1 amide bonds. The lowest BCUT2D eigenvalue weighted by molar-refractivity contribution is -0.116. The Morgan fingerprint density at radius 2 is 1.83 bits per heavy atom. The van der Waals surface area contributed by atoms with Gasteiger partial charge in [0, 0.05) is 30.8 Å². The van der Waals surface area contributed by atoms with E-state index in [4.69, 9.17) is 0 Å². The zero-order valence-corrected chi connectivity index (χ0v) is 10.2. The summed E-state index contributed by atoms with van der Waals surface area (Å²) in [4.78, 5) is 17.5. The number of hydrogen-bond donors (Lipinski definition) is 1. The summed E-state index contributed by atoms with van der Waals surface area (Å²) in [6.45, 7) is 0.267. The molecule has 0 saturated carbocycles. The molecule has 18 heavy (non-hydrogen) atoms. The van der Waals surface area contributed by atoms with E-state index < -0.39 is 0 Å². The van der Waals surface area contributed by atoms with Crippen LogP contribution in [0.4, 0.5) is 11.4 Å². The van der Waals surface area contributed by atoms with Crippen molar-refractivity contribution in [2.24, 2.45) is 0 Å². The smallest absolute Gasteiger partial charge is 0.246 e. The molecule has 0 aliphatic rings. The summed E-state index contributed by atoms with van der Waals surface area (Å²) >= 11 is 0. The van der Waals surface area contributed by atoms with Gasteiger partial charge in [0.15, 0.2) is 0 Å². The second-order valence-electron chi connectivity index (χ2n) is 3.88. The molecule has 0 saturated heterocycles. The summed E-state index contributed by atoms with van der Waals surface area (Å²) in [5, 5.41) is 3.09. The van der Waals surface area contributed by atoms with Gasteiger partial charge in [0.1, 0.15) is 0 Å². The highest BCUT2D eigenvalue weighted by Gasteiger charge is 2.09. The molecule has 0 unspecified atom stereocenters. The SMILES string of the molecule is CN(C(=O)CNc1ccccc1)c1ccncc1. The molecule has 92 valence electrons. The maximum Gasteiger partial charge on any atom is 0.246 e. The fourth-order valence-corrected chi connectivity index (χ4v) is 1.56. The third-order valence-corrected chi connectivity index (χ3v) is 2.64. The molecule has 2 aromatic rings. The lowest BCUT2D eigenvalue weighted by Crippen LogP contribution is -2.32. The highest BCUT2D eigenvalue weighted by Crippen LogP contribution is 2.10. The fourth-order valence-electron chi connectivity index (χ4n) is 1.56. The third-order valence-electron chi connectivity index (χ3n) is 2.64. The number of benzene rings is 1. The molecule has 0 aliphatic carbocycles. The number of hydrogen-bond acceptors (Lipinski definition) is 3. The van der Waals surface area contributed by atoms with Crippen molar-refractivity contribution < 1.29 is 4.79 Å². The number of nitrogens with one attached hydrogen (secondary N) is 1. The molecule has 0 bridgehead atoms. The zero-order chi connectivity index (χ0) is 12.8. The van der Waals surface area contributed by atoms with E-state index >= 15 is 0 Å². The van der Waals surface area contributed by atoms with Crippen molar-refractivity contribution in [1.29, 1.82) is 0 Å². The third kappa shape index (κ3) is 3.07. The van der Waals surface area contributed by atoms with Crippen LogP contribution in [0, 0.1) is 0 Å². The second kappa shape index (κ2) is 5.82. The number of nitrogens with zero attached hydrogens (tertiary/aromatic N) is 2. The molecule has 4 heteroatoms. The number of aromatic nitrogens is 1. The summed E-state index contributed by atoms with van der Waals surface area (Å²) in [6.07, 6.45) is 3.34. The van der Waals surface area contributed by atoms with Crippen LogP contribution < -0.4 is 10.2 Å². The van der Waals surface area contributed by atoms with E-state index in [0.717, 1.165) is 11.4 Å². The molecule has 2 rings (SSSR count). The molecule has 1 heterocycles. The van der Waals surface area contributed by atoms with Crippen LogP contribution in [0.15, 0.2) is 54.9 Å². The Morgan fingerprint density at radius 1 is 1.17 bits per heavy atom. The Balaban J connectivity index is 1.93. The highest BCUT2D eigenvalue weighted by molar-refractivity contribution is 5.95. The van der Waals surface area contributed by atoms with E-state index in [2.05, 4.69) is 10.3 Å². The van der Waals surface area contributed by atoms with Crippen LogP contribution in [-0.4, -0.2) is 24.5 Å². The first-order valence-corrected chi connectivity index (χ1v) is 5.73. The van der Waals surface area contributed by atoms with Crippen molar-refractivity contribution in [2.75, 3.05) is 23.8 Å². The van der Waals surface area contributed by atoms with Gasteiger partial charge in [-0.2, -0.15) is 0 Å². The van der Waals surface area contributed by atoms with Gasteiger partial charge in [-0.3, -0.25) is 9.78 Å². The molecule has 0 aliphatic heterocycles. The Labute approximate surface area is 106 Å². The molecule has 0 radical (unpaired) electrons. The van der Waals surface area contributed by atoms with E-state index in [0.29, 0.717) is 0 Å². The number of para-hydroxylation sites is 1. The maximum atomic E-state index is 12.0. The van der Waals surface area contributed by atoms with Gasteiger partial charge >= 0.3 is 0 Å². The maximum absolute atomic E-state index is 12.0. The molecule has 0 fully saturated rings. The summed E-state index contributed by atoms with van der Waals surface area (Å²) in [5.41, 5.74) is 1.78. The van der Waals surface area contributed by atoms with Crippen LogP contribution >= 0.6 is 0 Å². The molecule has 1 N–H and O–H groups in total. The van der Waals surface area contributed by atoms with Crippen LogP contribution in [0.25, 0.3) is 0 Å². The van der Waals surface area contributed by atoms with Crippen LogP contribution in [-0.2, 0) is 4.79 Å². The molecular weight excluding hydrogens is 226 g/mol. The van der Waals surface area contributed by atoms with Gasteiger partial charge in [0.2, 0.25) is 5.91 Å². The summed E-state index contributed by atoms with van der Waals surface area (Å²) in [7, 11) is 1.75. The summed E-state index contributed by atoms with van der Waals surface area (Å²) in [6, 6.07) is 13.3. The van der Waals surface area contributed by atoms with E-state index in [9.17, 15) is 4.79 Å². The Morgan fingerprint density at radius 3 is 2.50 bits per heavy atom. The number of likely N-dealkylation sites (N-methyl/N-ethyl adjacent to an activating group) is 1. The topological polar surface area (TPSA) is 45.2 Å². The van der Waals surface area contributed by atoms with Crippen LogP contribution in [0.3, 0.4) is 0 Å². The van der Waals surface area contributed by atoms with Gasteiger partial charge in [-0.25, -0.2) is 0 Å². The highest BCUT2D eigenvalue weighted by atomic mass is 16.2. The largest absolute Gasteiger partial charge is 0.376 e. The lowest BCUT2D eigenvalue weighted by Gasteiger charge is -2.17. The molecular formula is C14H15N3O. The van der Waals surface area contributed by atoms with Gasteiger partial charge < -0.3 is 10.2 Å². The van der Waals surface area contributed by atoms with E-state index in [1.165, 1.54) is 0 Å². The van der Waals surface area contributed by atoms with E-state index in [1.54, 1.807) is 36.5 Å². The van der Waals surface area contributed by atoms with Gasteiger partial charge in [-0.1, -0.05) is 18.2 Å². The first-order valence-electron chi connectivity index (χ1n) is 5.73. The monoisotopic (exact) mass is 241 g/mol. The van der Waals surface area contributed by atoms with Gasteiger partial charge in [0.05, 0.1) is 6.54 Å². The van der Waals surface area contributed by atoms with E-state index in [-0.39, 0.29) is 12.5 Å². The molecule has 1 aromatic carbocycles. The first kappa shape index (κ1) is 12.1. The van der Waals surface area contributed by atoms with Crippen molar-refractivity contribution in [2.45, 2.75) is 0 Å². The molecule has 4 nitrogen and oxygen atoms in total.